The Morgan fingerprint density at radius 1 is 1.06 bits per heavy atom. The number of hydrogen-bond acceptors (Lipinski definition) is 4. The van der Waals surface area contributed by atoms with Gasteiger partial charge < -0.3 is 15.7 Å². The van der Waals surface area contributed by atoms with E-state index in [2.05, 4.69) is 42.4 Å². The van der Waals surface area contributed by atoms with Crippen LogP contribution in [0.1, 0.15) is 42.2 Å². The summed E-state index contributed by atoms with van der Waals surface area (Å²) >= 11 is 0. The monoisotopic (exact) mass is 452 g/mol. The topological polar surface area (TPSA) is 95.5 Å². The van der Waals surface area contributed by atoms with E-state index in [0.717, 1.165) is 11.1 Å². The molecule has 0 aliphatic carbocycles. The first kappa shape index (κ1) is 23.9. The summed E-state index contributed by atoms with van der Waals surface area (Å²) in [6, 6.07) is 14.4. The van der Waals surface area contributed by atoms with E-state index in [1.165, 1.54) is 5.19 Å². The Morgan fingerprint density at radius 2 is 1.66 bits per heavy atom. The van der Waals surface area contributed by atoms with Crippen molar-refractivity contribution in [3.63, 3.8) is 0 Å². The highest BCUT2D eigenvalue weighted by Crippen LogP contribution is 2.22. The highest BCUT2D eigenvalue weighted by Gasteiger charge is 2.31. The number of amides is 2. The summed E-state index contributed by atoms with van der Waals surface area (Å²) in [7, 11) is -1.42. The molecule has 2 amide bonds. The number of rotatable bonds is 8. The Hall–Kier alpha value is -2.77. The molecule has 3 unspecified atom stereocenters. The van der Waals surface area contributed by atoms with Gasteiger partial charge in [-0.1, -0.05) is 73.4 Å². The van der Waals surface area contributed by atoms with Gasteiger partial charge in [0.25, 0.3) is 0 Å². The molecule has 1 aliphatic heterocycles. The molecule has 0 radical (unpaired) electrons. The van der Waals surface area contributed by atoms with E-state index in [1.54, 1.807) is 31.2 Å². The van der Waals surface area contributed by atoms with Gasteiger partial charge in [-0.2, -0.15) is 0 Å². The average molecular weight is 453 g/mol. The van der Waals surface area contributed by atoms with Crippen molar-refractivity contribution in [3.05, 3.63) is 65.2 Å². The second-order valence-electron chi connectivity index (χ2n) is 9.58. The first-order valence-electron chi connectivity index (χ1n) is 11.0. The minimum Gasteiger partial charge on any atom is -0.389 e. The lowest BCUT2D eigenvalue weighted by Gasteiger charge is -2.21. The number of carbonyl (C=O) groups excluding carboxylic acids is 3. The van der Waals surface area contributed by atoms with Crippen LogP contribution < -0.4 is 15.8 Å². The number of ketones is 1. The first-order chi connectivity index (χ1) is 15.0. The largest absolute Gasteiger partial charge is 0.389 e. The van der Waals surface area contributed by atoms with E-state index >= 15 is 0 Å². The van der Waals surface area contributed by atoms with Crippen LogP contribution in [-0.2, 0) is 20.8 Å². The summed E-state index contributed by atoms with van der Waals surface area (Å²) in [4.78, 5) is 37.6. The zero-order valence-corrected chi connectivity index (χ0v) is 20.1. The quantitative estimate of drug-likeness (QED) is 0.536. The normalized spacial score (nSPS) is 18.0. The Balaban J connectivity index is 1.81. The van der Waals surface area contributed by atoms with Crippen LogP contribution in [0.15, 0.2) is 48.5 Å². The molecule has 0 aromatic heterocycles. The summed E-state index contributed by atoms with van der Waals surface area (Å²) in [6.07, 6.45) is -0.295. The molecule has 170 valence electrons. The Bertz CT molecular complexity index is 978. The van der Waals surface area contributed by atoms with Crippen LogP contribution in [0.4, 0.5) is 0 Å². The van der Waals surface area contributed by atoms with Crippen LogP contribution in [0.3, 0.4) is 0 Å². The fourth-order valence-corrected chi connectivity index (χ4v) is 4.96. The van der Waals surface area contributed by atoms with Gasteiger partial charge in [0.15, 0.2) is 5.78 Å². The summed E-state index contributed by atoms with van der Waals surface area (Å²) in [5.41, 5.74) is 2.29. The average Bonchev–Trinajstić information content (AvgIpc) is 3.18. The molecule has 2 aromatic carbocycles. The van der Waals surface area contributed by atoms with Gasteiger partial charge in [0.2, 0.25) is 11.8 Å². The lowest BCUT2D eigenvalue weighted by atomic mass is 9.95. The van der Waals surface area contributed by atoms with Gasteiger partial charge in [-0.15, -0.1) is 0 Å². The Kier molecular flexibility index (Phi) is 7.31. The molecular weight excluding hydrogens is 420 g/mol. The molecule has 3 N–H and O–H groups in total. The van der Waals surface area contributed by atoms with Crippen LogP contribution in [0, 0.1) is 5.92 Å². The van der Waals surface area contributed by atoms with E-state index in [-0.39, 0.29) is 37.0 Å². The molecule has 1 fully saturated rings. The predicted octanol–water partition coefficient (Wildman–Crippen LogP) is 2.39. The summed E-state index contributed by atoms with van der Waals surface area (Å²) in [5.74, 6) is -1.07. The Labute approximate surface area is 190 Å². The molecule has 2 aromatic rings. The summed E-state index contributed by atoms with van der Waals surface area (Å²) in [5, 5.41) is 16.6. The van der Waals surface area contributed by atoms with E-state index < -0.39 is 26.1 Å². The fourth-order valence-electron chi connectivity index (χ4n) is 3.79. The van der Waals surface area contributed by atoms with Crippen molar-refractivity contribution in [2.75, 3.05) is 6.54 Å². The standard InChI is InChI=1S/C25H32N2O4Si/c1-16(28)18-7-9-19(10-8-18)24(27-25(31)20-14-23(30)26-15-20)22(29)13-17-5-11-21(12-6-17)32(2,3)4/h5-12,16,20,24,28H,13-15H2,1-4H3,(H,26,30)(H,27,31). The number of benzene rings is 2. The maximum Gasteiger partial charge on any atom is 0.226 e. The molecule has 1 heterocycles. The number of aliphatic hydroxyl groups is 1. The van der Waals surface area contributed by atoms with Gasteiger partial charge in [-0.25, -0.2) is 0 Å². The van der Waals surface area contributed by atoms with E-state index in [9.17, 15) is 19.5 Å². The van der Waals surface area contributed by atoms with Gasteiger partial charge in [0, 0.05) is 19.4 Å². The lowest BCUT2D eigenvalue weighted by Crippen LogP contribution is -2.39. The SMILES string of the molecule is CC(O)c1ccc(C(NC(=O)C2CNC(=O)C2)C(=O)Cc2ccc([Si](C)(C)C)cc2)cc1. The first-order valence-corrected chi connectivity index (χ1v) is 14.5. The predicted molar refractivity (Wildman–Crippen MR) is 127 cm³/mol. The van der Waals surface area contributed by atoms with Gasteiger partial charge >= 0.3 is 0 Å². The van der Waals surface area contributed by atoms with Crippen LogP contribution in [-0.4, -0.2) is 37.3 Å². The van der Waals surface area contributed by atoms with Crippen molar-refractivity contribution in [3.8, 4) is 0 Å². The van der Waals surface area contributed by atoms with E-state index in [1.807, 2.05) is 12.1 Å². The number of carbonyl (C=O) groups is 3. The van der Waals surface area contributed by atoms with Gasteiger partial charge in [0.1, 0.15) is 6.04 Å². The second kappa shape index (κ2) is 9.79. The molecule has 6 nitrogen and oxygen atoms in total. The van der Waals surface area contributed by atoms with Crippen molar-refractivity contribution in [1.29, 1.82) is 0 Å². The third kappa shape index (κ3) is 5.92. The molecule has 1 saturated heterocycles. The molecule has 0 spiro atoms. The third-order valence-electron chi connectivity index (χ3n) is 5.91. The van der Waals surface area contributed by atoms with Gasteiger partial charge in [-0.05, 0) is 23.6 Å². The molecule has 3 rings (SSSR count). The lowest BCUT2D eigenvalue weighted by molar-refractivity contribution is -0.130. The molecule has 1 aliphatic rings. The van der Waals surface area contributed by atoms with Crippen LogP contribution in [0.2, 0.25) is 19.6 Å². The molecule has 0 bridgehead atoms. The minimum absolute atomic E-state index is 0.124. The zero-order valence-electron chi connectivity index (χ0n) is 19.1. The molecule has 3 atom stereocenters. The van der Waals surface area contributed by atoms with Crippen molar-refractivity contribution < 1.29 is 19.5 Å². The molecule has 32 heavy (non-hydrogen) atoms. The van der Waals surface area contributed by atoms with Crippen LogP contribution >= 0.6 is 0 Å². The summed E-state index contributed by atoms with van der Waals surface area (Å²) < 4.78 is 0. The maximum atomic E-state index is 13.3. The zero-order chi connectivity index (χ0) is 23.5. The third-order valence-corrected chi connectivity index (χ3v) is 7.97. The van der Waals surface area contributed by atoms with Crippen LogP contribution in [0.5, 0.6) is 0 Å². The van der Waals surface area contributed by atoms with Gasteiger partial charge in [0.05, 0.1) is 20.1 Å². The maximum absolute atomic E-state index is 13.3. The van der Waals surface area contributed by atoms with Crippen molar-refractivity contribution >= 4 is 30.9 Å². The van der Waals surface area contributed by atoms with Crippen molar-refractivity contribution in [2.24, 2.45) is 5.92 Å². The smallest absolute Gasteiger partial charge is 0.226 e. The molecule has 7 heteroatoms. The number of Topliss-reactive ketones (excluding diaryl/α,β-unsaturated/α-hetero) is 1. The highest BCUT2D eigenvalue weighted by atomic mass is 28.3. The van der Waals surface area contributed by atoms with E-state index in [0.29, 0.717) is 5.56 Å². The molecule has 0 saturated carbocycles. The fraction of sp³-hybridized carbons (Fsp3) is 0.400. The van der Waals surface area contributed by atoms with E-state index in [4.69, 9.17) is 0 Å². The van der Waals surface area contributed by atoms with Crippen molar-refractivity contribution in [1.82, 2.24) is 10.6 Å². The number of aliphatic hydroxyl groups excluding tert-OH is 1. The van der Waals surface area contributed by atoms with Gasteiger partial charge in [-0.3, -0.25) is 14.4 Å². The van der Waals surface area contributed by atoms with Crippen LogP contribution in [0.25, 0.3) is 0 Å². The number of nitrogens with one attached hydrogen (secondary N) is 2. The minimum atomic E-state index is -1.42. The summed E-state index contributed by atoms with van der Waals surface area (Å²) in [6.45, 7) is 8.78. The number of hydrogen-bond donors (Lipinski definition) is 3. The highest BCUT2D eigenvalue weighted by molar-refractivity contribution is 6.88. The Morgan fingerprint density at radius 3 is 2.16 bits per heavy atom. The second-order valence-corrected chi connectivity index (χ2v) is 14.7. The molecular formula is C25H32N2O4Si. The van der Waals surface area contributed by atoms with Crippen molar-refractivity contribution in [2.45, 2.75) is 51.6 Å².